The van der Waals surface area contributed by atoms with E-state index < -0.39 is 0 Å². The molecule has 0 aliphatic carbocycles. The van der Waals surface area contributed by atoms with Gasteiger partial charge in [-0.15, -0.1) is 0 Å². The van der Waals surface area contributed by atoms with Gasteiger partial charge in [-0.2, -0.15) is 0 Å². The molecule has 0 saturated carbocycles. The van der Waals surface area contributed by atoms with Crippen LogP contribution in [0.15, 0.2) is 48.5 Å². The average molecular weight is 256 g/mol. The van der Waals surface area contributed by atoms with Gasteiger partial charge < -0.3 is 15.8 Å². The fourth-order valence-electron chi connectivity index (χ4n) is 1.58. The number of para-hydroxylation sites is 1. The van der Waals surface area contributed by atoms with E-state index in [0.717, 1.165) is 5.75 Å². The first-order valence-corrected chi connectivity index (χ1v) is 6.11. The van der Waals surface area contributed by atoms with Crippen LogP contribution in [0.3, 0.4) is 0 Å². The van der Waals surface area contributed by atoms with Crippen LogP contribution in [-0.2, 0) is 4.79 Å². The molecule has 0 aliphatic rings. The Morgan fingerprint density at radius 2 is 1.89 bits per heavy atom. The maximum absolute atomic E-state index is 11.3. The summed E-state index contributed by atoms with van der Waals surface area (Å²) < 4.78 is 5.65. The van der Waals surface area contributed by atoms with Crippen molar-refractivity contribution in [1.82, 2.24) is 0 Å². The number of amides is 1. The fraction of sp³-hybridized carbons (Fsp3) is 0.133. The van der Waals surface area contributed by atoms with Gasteiger partial charge in [0.2, 0.25) is 5.91 Å². The zero-order valence-corrected chi connectivity index (χ0v) is 10.7. The maximum atomic E-state index is 11.3. The third-order valence-electron chi connectivity index (χ3n) is 2.60. The summed E-state index contributed by atoms with van der Waals surface area (Å²) in [6.45, 7) is 1.79. The number of hydrogen-bond donors (Lipinski definition) is 2. The van der Waals surface area contributed by atoms with Gasteiger partial charge in [0, 0.05) is 12.5 Å². The van der Waals surface area contributed by atoms with Gasteiger partial charge in [-0.3, -0.25) is 4.79 Å². The van der Waals surface area contributed by atoms with Crippen LogP contribution in [0.4, 0.5) is 11.4 Å². The number of benzene rings is 2. The lowest BCUT2D eigenvalue weighted by Crippen LogP contribution is -2.11. The Bertz CT molecular complexity index is 568. The molecule has 0 heterocycles. The molecule has 2 aromatic rings. The summed E-state index contributed by atoms with van der Waals surface area (Å²) in [5.41, 5.74) is 6.97. The van der Waals surface area contributed by atoms with Gasteiger partial charge in [0.25, 0.3) is 0 Å². The molecule has 0 bridgehead atoms. The second kappa shape index (κ2) is 5.91. The number of ether oxygens (including phenoxy) is 1. The molecule has 3 N–H and O–H groups in total. The van der Waals surface area contributed by atoms with E-state index in [0.29, 0.717) is 23.5 Å². The molecule has 0 radical (unpaired) electrons. The number of anilines is 2. The normalized spacial score (nSPS) is 9.95. The molecule has 2 aromatic carbocycles. The van der Waals surface area contributed by atoms with Crippen LogP contribution >= 0.6 is 0 Å². The first-order valence-electron chi connectivity index (χ1n) is 6.11. The molecule has 0 unspecified atom stereocenters. The number of carbonyl (C=O) groups excluding carboxylic acids is 1. The number of nitrogens with one attached hydrogen (secondary N) is 1. The molecule has 4 heteroatoms. The molecular formula is C15H16N2O2. The molecule has 0 fully saturated rings. The van der Waals surface area contributed by atoms with Gasteiger partial charge in [-0.1, -0.05) is 25.1 Å². The third kappa shape index (κ3) is 3.48. The van der Waals surface area contributed by atoms with Gasteiger partial charge in [-0.25, -0.2) is 0 Å². The number of hydrogen-bond acceptors (Lipinski definition) is 3. The van der Waals surface area contributed by atoms with Crippen molar-refractivity contribution in [2.75, 3.05) is 11.1 Å². The van der Waals surface area contributed by atoms with E-state index in [9.17, 15) is 4.79 Å². The lowest BCUT2D eigenvalue weighted by molar-refractivity contribution is -0.115. The Labute approximate surface area is 112 Å². The predicted molar refractivity (Wildman–Crippen MR) is 76.3 cm³/mol. The van der Waals surface area contributed by atoms with Crippen LogP contribution in [0.5, 0.6) is 11.5 Å². The van der Waals surface area contributed by atoms with Gasteiger partial charge in [0.05, 0.1) is 11.4 Å². The number of carbonyl (C=O) groups is 1. The molecule has 0 aliphatic heterocycles. The molecule has 19 heavy (non-hydrogen) atoms. The van der Waals surface area contributed by atoms with Crippen LogP contribution in [0.2, 0.25) is 0 Å². The smallest absolute Gasteiger partial charge is 0.224 e. The molecule has 0 atom stereocenters. The van der Waals surface area contributed by atoms with E-state index in [1.807, 2.05) is 30.3 Å². The molecule has 1 amide bonds. The molecule has 0 aromatic heterocycles. The number of nitrogens with two attached hydrogens (primary N) is 1. The summed E-state index contributed by atoms with van der Waals surface area (Å²) in [7, 11) is 0. The largest absolute Gasteiger partial charge is 0.457 e. The van der Waals surface area contributed by atoms with Crippen molar-refractivity contribution in [3.63, 3.8) is 0 Å². The van der Waals surface area contributed by atoms with Crippen LogP contribution in [0, 0.1) is 0 Å². The van der Waals surface area contributed by atoms with Gasteiger partial charge in [0.1, 0.15) is 11.5 Å². The highest BCUT2D eigenvalue weighted by atomic mass is 16.5. The SMILES string of the molecule is CCC(=O)Nc1ccc(Oc2ccccc2)cc1N. The van der Waals surface area contributed by atoms with Crippen LogP contribution in [0.1, 0.15) is 13.3 Å². The lowest BCUT2D eigenvalue weighted by atomic mass is 10.2. The summed E-state index contributed by atoms with van der Waals surface area (Å²) in [5.74, 6) is 1.31. The highest BCUT2D eigenvalue weighted by Crippen LogP contribution is 2.27. The highest BCUT2D eigenvalue weighted by molar-refractivity contribution is 5.93. The number of nitrogen functional groups attached to an aromatic ring is 1. The minimum Gasteiger partial charge on any atom is -0.457 e. The second-order valence-electron chi connectivity index (χ2n) is 4.07. The standard InChI is InChI=1S/C15H16N2O2/c1-2-15(18)17-14-9-8-12(10-13(14)16)19-11-6-4-3-5-7-11/h3-10H,2,16H2,1H3,(H,17,18). The van der Waals surface area contributed by atoms with E-state index in [4.69, 9.17) is 10.5 Å². The monoisotopic (exact) mass is 256 g/mol. The van der Waals surface area contributed by atoms with E-state index >= 15 is 0 Å². The Hall–Kier alpha value is -2.49. The first-order chi connectivity index (χ1) is 9.19. The maximum Gasteiger partial charge on any atom is 0.224 e. The quantitative estimate of drug-likeness (QED) is 0.824. The zero-order valence-electron chi connectivity index (χ0n) is 10.7. The Balaban J connectivity index is 2.13. The van der Waals surface area contributed by atoms with Crippen LogP contribution in [0.25, 0.3) is 0 Å². The van der Waals surface area contributed by atoms with Crippen molar-refractivity contribution in [2.24, 2.45) is 0 Å². The Morgan fingerprint density at radius 3 is 2.53 bits per heavy atom. The Morgan fingerprint density at radius 1 is 1.16 bits per heavy atom. The predicted octanol–water partition coefficient (Wildman–Crippen LogP) is 3.41. The molecular weight excluding hydrogens is 240 g/mol. The van der Waals surface area contributed by atoms with Crippen molar-refractivity contribution in [2.45, 2.75) is 13.3 Å². The van der Waals surface area contributed by atoms with Gasteiger partial charge in [-0.05, 0) is 24.3 Å². The summed E-state index contributed by atoms with van der Waals surface area (Å²) in [6.07, 6.45) is 0.418. The van der Waals surface area contributed by atoms with Gasteiger partial charge >= 0.3 is 0 Å². The van der Waals surface area contributed by atoms with Crippen molar-refractivity contribution < 1.29 is 9.53 Å². The van der Waals surface area contributed by atoms with E-state index in [1.54, 1.807) is 25.1 Å². The summed E-state index contributed by atoms with van der Waals surface area (Å²) in [5, 5.41) is 2.73. The second-order valence-corrected chi connectivity index (χ2v) is 4.07. The topological polar surface area (TPSA) is 64.3 Å². The Kier molecular flexibility index (Phi) is 4.03. The molecule has 0 saturated heterocycles. The van der Waals surface area contributed by atoms with E-state index in [1.165, 1.54) is 0 Å². The summed E-state index contributed by atoms with van der Waals surface area (Å²) >= 11 is 0. The summed E-state index contributed by atoms with van der Waals surface area (Å²) in [6, 6.07) is 14.6. The first kappa shape index (κ1) is 13.0. The minimum absolute atomic E-state index is 0.0663. The van der Waals surface area contributed by atoms with Crippen LogP contribution in [-0.4, -0.2) is 5.91 Å². The lowest BCUT2D eigenvalue weighted by Gasteiger charge is -2.10. The van der Waals surface area contributed by atoms with Crippen molar-refractivity contribution in [3.8, 4) is 11.5 Å². The van der Waals surface area contributed by atoms with E-state index in [2.05, 4.69) is 5.32 Å². The highest BCUT2D eigenvalue weighted by Gasteiger charge is 2.05. The molecule has 4 nitrogen and oxygen atoms in total. The fourth-order valence-corrected chi connectivity index (χ4v) is 1.58. The molecule has 98 valence electrons. The molecule has 0 spiro atoms. The minimum atomic E-state index is -0.0663. The van der Waals surface area contributed by atoms with Crippen molar-refractivity contribution >= 4 is 17.3 Å². The third-order valence-corrected chi connectivity index (χ3v) is 2.60. The average Bonchev–Trinajstić information content (AvgIpc) is 2.43. The zero-order chi connectivity index (χ0) is 13.7. The van der Waals surface area contributed by atoms with Crippen LogP contribution < -0.4 is 15.8 Å². The van der Waals surface area contributed by atoms with Crippen molar-refractivity contribution in [3.05, 3.63) is 48.5 Å². The van der Waals surface area contributed by atoms with Gasteiger partial charge in [0.15, 0.2) is 0 Å². The number of rotatable bonds is 4. The van der Waals surface area contributed by atoms with Crippen molar-refractivity contribution in [1.29, 1.82) is 0 Å². The molecule has 2 rings (SSSR count). The summed E-state index contributed by atoms with van der Waals surface area (Å²) in [4.78, 5) is 11.3. The van der Waals surface area contributed by atoms with E-state index in [-0.39, 0.29) is 5.91 Å².